The average Bonchev–Trinajstić information content (AvgIpc) is 2.29. The second-order valence-electron chi connectivity index (χ2n) is 4.20. The van der Waals surface area contributed by atoms with E-state index in [1.807, 2.05) is 32.7 Å². The number of aromatic nitrogens is 2. The first kappa shape index (κ1) is 12.7. The molecule has 0 aromatic carbocycles. The number of nitrogens with zero attached hydrogens (tertiary/aromatic N) is 3. The van der Waals surface area contributed by atoms with Crippen LogP contribution >= 0.6 is 0 Å². The second-order valence-corrected chi connectivity index (χ2v) is 4.20. The van der Waals surface area contributed by atoms with Gasteiger partial charge >= 0.3 is 0 Å². The third kappa shape index (κ3) is 2.82. The van der Waals surface area contributed by atoms with Gasteiger partial charge in [-0.15, -0.1) is 0 Å². The molecule has 0 aliphatic carbocycles. The Morgan fingerprint density at radius 3 is 2.75 bits per heavy atom. The van der Waals surface area contributed by atoms with Gasteiger partial charge in [-0.05, 0) is 20.8 Å². The molecule has 2 N–H and O–H groups in total. The lowest BCUT2D eigenvalue weighted by Gasteiger charge is -2.34. The fourth-order valence-electron chi connectivity index (χ4n) is 1.13. The largest absolute Gasteiger partial charge is 0.478 e. The predicted octanol–water partition coefficient (Wildman–Crippen LogP) is 1.05. The summed E-state index contributed by atoms with van der Waals surface area (Å²) in [5, 5.41) is 0. The van der Waals surface area contributed by atoms with Crippen LogP contribution in [0.5, 0.6) is 5.88 Å². The zero-order chi connectivity index (χ0) is 12.2. The Hall–Kier alpha value is -1.36. The second kappa shape index (κ2) is 5.12. The van der Waals surface area contributed by atoms with Crippen LogP contribution in [-0.2, 0) is 0 Å². The van der Waals surface area contributed by atoms with Gasteiger partial charge < -0.3 is 15.4 Å². The number of ether oxygens (including phenoxy) is 1. The maximum atomic E-state index is 5.71. The van der Waals surface area contributed by atoms with Crippen LogP contribution in [0, 0.1) is 0 Å². The fourth-order valence-corrected chi connectivity index (χ4v) is 1.13. The molecule has 1 heterocycles. The Morgan fingerprint density at radius 1 is 1.50 bits per heavy atom. The normalized spacial score (nSPS) is 11.3. The summed E-state index contributed by atoms with van der Waals surface area (Å²) in [5.74, 6) is 1.22. The van der Waals surface area contributed by atoms with E-state index in [0.29, 0.717) is 25.0 Å². The average molecular weight is 224 g/mol. The molecule has 0 aliphatic rings. The predicted molar refractivity (Wildman–Crippen MR) is 64.7 cm³/mol. The number of likely N-dealkylation sites (N-methyl/N-ethyl adjacent to an activating group) is 1. The standard InChI is InChI=1S/C11H20N4O/c1-5-16-9-6-7-13-10(14-9)15(4)11(2,3)8-12/h6-7H,5,8,12H2,1-4H3. The molecule has 0 amide bonds. The molecular weight excluding hydrogens is 204 g/mol. The highest BCUT2D eigenvalue weighted by Gasteiger charge is 2.23. The number of anilines is 1. The van der Waals surface area contributed by atoms with Crippen molar-refractivity contribution in [3.8, 4) is 5.88 Å². The van der Waals surface area contributed by atoms with E-state index in [4.69, 9.17) is 10.5 Å². The summed E-state index contributed by atoms with van der Waals surface area (Å²) >= 11 is 0. The van der Waals surface area contributed by atoms with Crippen molar-refractivity contribution in [3.05, 3.63) is 12.3 Å². The first-order valence-electron chi connectivity index (χ1n) is 5.41. The molecule has 1 aromatic heterocycles. The van der Waals surface area contributed by atoms with Crippen molar-refractivity contribution in [3.63, 3.8) is 0 Å². The minimum Gasteiger partial charge on any atom is -0.478 e. The molecular formula is C11H20N4O. The summed E-state index contributed by atoms with van der Waals surface area (Å²) in [6.45, 7) is 7.15. The molecule has 1 rings (SSSR count). The number of hydrogen-bond acceptors (Lipinski definition) is 5. The third-order valence-corrected chi connectivity index (χ3v) is 2.62. The summed E-state index contributed by atoms with van der Waals surface area (Å²) in [4.78, 5) is 10.5. The van der Waals surface area contributed by atoms with Gasteiger partial charge in [0.2, 0.25) is 11.8 Å². The molecule has 0 spiro atoms. The molecule has 5 heteroatoms. The summed E-state index contributed by atoms with van der Waals surface area (Å²) in [6, 6.07) is 1.75. The molecule has 90 valence electrons. The molecule has 16 heavy (non-hydrogen) atoms. The maximum absolute atomic E-state index is 5.71. The van der Waals surface area contributed by atoms with Gasteiger partial charge in [-0.2, -0.15) is 4.98 Å². The van der Waals surface area contributed by atoms with Crippen LogP contribution in [0.1, 0.15) is 20.8 Å². The number of rotatable bonds is 5. The molecule has 0 radical (unpaired) electrons. The molecule has 5 nitrogen and oxygen atoms in total. The fraction of sp³-hybridized carbons (Fsp3) is 0.636. The van der Waals surface area contributed by atoms with Crippen LogP contribution in [-0.4, -0.2) is 35.7 Å². The van der Waals surface area contributed by atoms with Crippen molar-refractivity contribution in [2.24, 2.45) is 5.73 Å². The van der Waals surface area contributed by atoms with E-state index < -0.39 is 0 Å². The summed E-state index contributed by atoms with van der Waals surface area (Å²) in [5.41, 5.74) is 5.54. The maximum Gasteiger partial charge on any atom is 0.228 e. The summed E-state index contributed by atoms with van der Waals surface area (Å²) < 4.78 is 5.33. The lowest BCUT2D eigenvalue weighted by Crippen LogP contribution is -2.48. The highest BCUT2D eigenvalue weighted by molar-refractivity contribution is 5.34. The number of nitrogens with two attached hydrogens (primary N) is 1. The molecule has 0 bridgehead atoms. The van der Waals surface area contributed by atoms with Gasteiger partial charge in [0.05, 0.1) is 6.61 Å². The van der Waals surface area contributed by atoms with Crippen molar-refractivity contribution in [2.75, 3.05) is 25.1 Å². The van der Waals surface area contributed by atoms with Crippen LogP contribution in [0.4, 0.5) is 5.95 Å². The Labute approximate surface area is 96.6 Å². The van der Waals surface area contributed by atoms with E-state index in [9.17, 15) is 0 Å². The molecule has 0 saturated carbocycles. The Bertz CT molecular complexity index is 341. The van der Waals surface area contributed by atoms with Crippen LogP contribution in [0.3, 0.4) is 0 Å². The zero-order valence-electron chi connectivity index (χ0n) is 10.4. The smallest absolute Gasteiger partial charge is 0.228 e. The van der Waals surface area contributed by atoms with Gasteiger partial charge in [0.1, 0.15) is 0 Å². The zero-order valence-corrected chi connectivity index (χ0v) is 10.4. The van der Waals surface area contributed by atoms with Gasteiger partial charge in [0.25, 0.3) is 0 Å². The van der Waals surface area contributed by atoms with Crippen LogP contribution < -0.4 is 15.4 Å². The van der Waals surface area contributed by atoms with Crippen molar-refractivity contribution in [2.45, 2.75) is 26.3 Å². The monoisotopic (exact) mass is 224 g/mol. The quantitative estimate of drug-likeness (QED) is 0.810. The molecule has 0 unspecified atom stereocenters. The number of hydrogen-bond donors (Lipinski definition) is 1. The van der Waals surface area contributed by atoms with Crippen molar-refractivity contribution < 1.29 is 4.74 Å². The van der Waals surface area contributed by atoms with E-state index in [2.05, 4.69) is 9.97 Å². The van der Waals surface area contributed by atoms with Crippen LogP contribution in [0.15, 0.2) is 12.3 Å². The van der Waals surface area contributed by atoms with Crippen molar-refractivity contribution in [1.82, 2.24) is 9.97 Å². The third-order valence-electron chi connectivity index (χ3n) is 2.62. The lowest BCUT2D eigenvalue weighted by atomic mass is 10.1. The van der Waals surface area contributed by atoms with Gasteiger partial charge in [0, 0.05) is 31.4 Å². The van der Waals surface area contributed by atoms with E-state index in [0.717, 1.165) is 0 Å². The first-order valence-corrected chi connectivity index (χ1v) is 5.41. The molecule has 0 aliphatic heterocycles. The van der Waals surface area contributed by atoms with E-state index >= 15 is 0 Å². The van der Waals surface area contributed by atoms with E-state index in [1.165, 1.54) is 0 Å². The molecule has 0 atom stereocenters. The Morgan fingerprint density at radius 2 is 2.19 bits per heavy atom. The van der Waals surface area contributed by atoms with Crippen molar-refractivity contribution >= 4 is 5.95 Å². The van der Waals surface area contributed by atoms with Crippen molar-refractivity contribution in [1.29, 1.82) is 0 Å². The Balaban J connectivity index is 2.91. The van der Waals surface area contributed by atoms with Gasteiger partial charge in [-0.3, -0.25) is 0 Å². The van der Waals surface area contributed by atoms with E-state index in [-0.39, 0.29) is 5.54 Å². The Kier molecular flexibility index (Phi) is 4.06. The topological polar surface area (TPSA) is 64.3 Å². The minimum atomic E-state index is -0.176. The molecule has 1 aromatic rings. The van der Waals surface area contributed by atoms with Crippen LogP contribution in [0.25, 0.3) is 0 Å². The van der Waals surface area contributed by atoms with Gasteiger partial charge in [0.15, 0.2) is 0 Å². The van der Waals surface area contributed by atoms with Gasteiger partial charge in [-0.1, -0.05) is 0 Å². The SMILES string of the molecule is CCOc1ccnc(N(C)C(C)(C)CN)n1. The van der Waals surface area contributed by atoms with Crippen LogP contribution in [0.2, 0.25) is 0 Å². The van der Waals surface area contributed by atoms with E-state index in [1.54, 1.807) is 12.3 Å². The first-order chi connectivity index (χ1) is 7.51. The molecule has 0 fully saturated rings. The summed E-state index contributed by atoms with van der Waals surface area (Å²) in [6.07, 6.45) is 1.69. The van der Waals surface area contributed by atoms with Gasteiger partial charge in [-0.25, -0.2) is 4.98 Å². The summed E-state index contributed by atoms with van der Waals surface area (Å²) in [7, 11) is 1.93. The minimum absolute atomic E-state index is 0.176. The molecule has 0 saturated heterocycles. The highest BCUT2D eigenvalue weighted by Crippen LogP contribution is 2.19. The highest BCUT2D eigenvalue weighted by atomic mass is 16.5. The lowest BCUT2D eigenvalue weighted by molar-refractivity contribution is 0.325.